The lowest BCUT2D eigenvalue weighted by Crippen LogP contribution is -2.41. The lowest BCUT2D eigenvalue weighted by Gasteiger charge is -2.23. The molecule has 2 heterocycles. The Hall–Kier alpha value is -2.65. The van der Waals surface area contributed by atoms with E-state index in [1.807, 2.05) is 0 Å². The molecule has 0 aromatic carbocycles. The van der Waals surface area contributed by atoms with Gasteiger partial charge in [0, 0.05) is 12.7 Å². The highest BCUT2D eigenvalue weighted by molar-refractivity contribution is 6.01. The number of aryl methyl sites for hydroxylation is 1. The first-order chi connectivity index (χ1) is 11.7. The number of amides is 1. The number of hydrogen-bond acceptors (Lipinski definition) is 5. The van der Waals surface area contributed by atoms with Crippen LogP contribution in [-0.4, -0.2) is 57.6 Å². The predicted octanol–water partition coefficient (Wildman–Crippen LogP) is 2.22. The highest BCUT2D eigenvalue weighted by atomic mass is 19.4. The summed E-state index contributed by atoms with van der Waals surface area (Å²) in [6, 6.07) is 1.57. The molecule has 0 bridgehead atoms. The molecular weight excluding hydrogens is 341 g/mol. The van der Waals surface area contributed by atoms with Gasteiger partial charge in [-0.05, 0) is 19.4 Å². The number of aromatic amines is 1. The quantitative estimate of drug-likeness (QED) is 0.800. The fourth-order valence-electron chi connectivity index (χ4n) is 2.27. The van der Waals surface area contributed by atoms with Gasteiger partial charge >= 0.3 is 12.1 Å². The number of carbonyl (C=O) groups is 2. The number of hydrogen-bond donors (Lipinski definition) is 1. The highest BCUT2D eigenvalue weighted by Crippen LogP contribution is 2.18. The van der Waals surface area contributed by atoms with Crippen LogP contribution in [0.25, 0.3) is 11.0 Å². The molecular formula is C15H17F3N4O3. The summed E-state index contributed by atoms with van der Waals surface area (Å²) in [6.45, 7) is 0.976. The molecule has 0 spiro atoms. The number of carbonyl (C=O) groups excluding carboxylic acids is 2. The van der Waals surface area contributed by atoms with Crippen LogP contribution in [0.4, 0.5) is 13.2 Å². The number of rotatable bonds is 6. The van der Waals surface area contributed by atoms with E-state index in [9.17, 15) is 22.8 Å². The molecule has 0 atom stereocenters. The highest BCUT2D eigenvalue weighted by Gasteiger charge is 2.33. The van der Waals surface area contributed by atoms with Gasteiger partial charge in [0.15, 0.2) is 12.3 Å². The summed E-state index contributed by atoms with van der Waals surface area (Å²) in [5.74, 6) is -1.49. The molecule has 0 aliphatic heterocycles. The average Bonchev–Trinajstić information content (AvgIpc) is 2.97. The minimum absolute atomic E-state index is 0.0468. The van der Waals surface area contributed by atoms with Crippen LogP contribution in [0, 0.1) is 6.92 Å². The van der Waals surface area contributed by atoms with Crippen molar-refractivity contribution in [1.29, 1.82) is 0 Å². The van der Waals surface area contributed by atoms with Crippen LogP contribution in [0.5, 0.6) is 0 Å². The zero-order valence-corrected chi connectivity index (χ0v) is 13.7. The Morgan fingerprint density at radius 2 is 2.04 bits per heavy atom. The first kappa shape index (κ1) is 18.7. The number of nitrogens with one attached hydrogen (secondary N) is 1. The summed E-state index contributed by atoms with van der Waals surface area (Å²) in [5.41, 5.74) is 0.380. The number of ether oxygens (including phenoxy) is 1. The first-order valence-electron chi connectivity index (χ1n) is 7.54. The van der Waals surface area contributed by atoms with E-state index in [1.165, 1.54) is 0 Å². The van der Waals surface area contributed by atoms with E-state index in [2.05, 4.69) is 15.0 Å². The van der Waals surface area contributed by atoms with Crippen LogP contribution >= 0.6 is 0 Å². The number of H-pyrrole nitrogens is 1. The zero-order chi connectivity index (χ0) is 18.6. The molecule has 25 heavy (non-hydrogen) atoms. The number of esters is 1. The summed E-state index contributed by atoms with van der Waals surface area (Å²) in [5, 5.41) is 0.406. The minimum atomic E-state index is -4.52. The Labute approximate surface area is 141 Å². The summed E-state index contributed by atoms with van der Waals surface area (Å²) >= 11 is 0. The molecule has 0 saturated heterocycles. The van der Waals surface area contributed by atoms with Gasteiger partial charge in [0.2, 0.25) is 0 Å². The Morgan fingerprint density at radius 1 is 1.32 bits per heavy atom. The van der Waals surface area contributed by atoms with Gasteiger partial charge in [-0.2, -0.15) is 13.2 Å². The third-order valence-corrected chi connectivity index (χ3v) is 3.26. The molecule has 1 N–H and O–H groups in total. The van der Waals surface area contributed by atoms with Gasteiger partial charge in [-0.1, -0.05) is 6.92 Å². The van der Waals surface area contributed by atoms with Crippen molar-refractivity contribution < 1.29 is 27.5 Å². The first-order valence-corrected chi connectivity index (χ1v) is 7.54. The summed E-state index contributed by atoms with van der Waals surface area (Å²) in [6.07, 6.45) is -2.60. The van der Waals surface area contributed by atoms with Crippen LogP contribution in [0.15, 0.2) is 12.3 Å². The maximum Gasteiger partial charge on any atom is 0.406 e. The average molecular weight is 358 g/mol. The lowest BCUT2D eigenvalue weighted by atomic mass is 10.3. The van der Waals surface area contributed by atoms with Gasteiger partial charge in [0.25, 0.3) is 5.91 Å². The second kappa shape index (κ2) is 7.49. The van der Waals surface area contributed by atoms with Crippen molar-refractivity contribution in [3.63, 3.8) is 0 Å². The van der Waals surface area contributed by atoms with Gasteiger partial charge in [-0.3, -0.25) is 4.79 Å². The fraction of sp³-hybridized carbons (Fsp3) is 0.467. The van der Waals surface area contributed by atoms with Crippen molar-refractivity contribution in [2.24, 2.45) is 0 Å². The standard InChI is InChI=1S/C15H17F3N4O3/c1-3-6-22(8-15(16,17)18)11(23)7-25-14(24)12-10-4-5-19-13(10)21-9(2)20-12/h4-5H,3,6-8H2,1-2H3,(H,19,20,21). The number of halogens is 3. The third-order valence-electron chi connectivity index (χ3n) is 3.26. The van der Waals surface area contributed by atoms with Crippen LogP contribution in [-0.2, 0) is 9.53 Å². The molecule has 0 unspecified atom stereocenters. The summed E-state index contributed by atoms with van der Waals surface area (Å²) in [7, 11) is 0. The van der Waals surface area contributed by atoms with Gasteiger partial charge in [0.1, 0.15) is 18.0 Å². The van der Waals surface area contributed by atoms with Gasteiger partial charge in [-0.25, -0.2) is 14.8 Å². The van der Waals surface area contributed by atoms with Gasteiger partial charge < -0.3 is 14.6 Å². The predicted molar refractivity (Wildman–Crippen MR) is 81.8 cm³/mol. The second-order valence-corrected chi connectivity index (χ2v) is 5.37. The molecule has 7 nitrogen and oxygen atoms in total. The molecule has 0 saturated carbocycles. The molecule has 10 heteroatoms. The van der Waals surface area contributed by atoms with Crippen LogP contribution in [0.2, 0.25) is 0 Å². The zero-order valence-electron chi connectivity index (χ0n) is 13.7. The second-order valence-electron chi connectivity index (χ2n) is 5.37. The Kier molecular flexibility index (Phi) is 5.60. The minimum Gasteiger partial charge on any atom is -0.451 e. The maximum atomic E-state index is 12.5. The molecule has 0 aliphatic carbocycles. The monoisotopic (exact) mass is 358 g/mol. The van der Waals surface area contributed by atoms with E-state index < -0.39 is 31.2 Å². The van der Waals surface area contributed by atoms with Gasteiger partial charge in [0.05, 0.1) is 5.39 Å². The van der Waals surface area contributed by atoms with E-state index in [0.29, 0.717) is 28.2 Å². The van der Waals surface area contributed by atoms with Crippen LogP contribution < -0.4 is 0 Å². The number of aromatic nitrogens is 3. The van der Waals surface area contributed by atoms with Crippen molar-refractivity contribution in [2.45, 2.75) is 26.4 Å². The Balaban J connectivity index is 2.07. The number of nitrogens with zero attached hydrogens (tertiary/aromatic N) is 3. The molecule has 2 rings (SSSR count). The molecule has 0 radical (unpaired) electrons. The number of fused-ring (bicyclic) bond motifs is 1. The van der Waals surface area contributed by atoms with E-state index in [1.54, 1.807) is 26.1 Å². The number of alkyl halides is 3. The van der Waals surface area contributed by atoms with Crippen molar-refractivity contribution >= 4 is 22.9 Å². The molecule has 136 valence electrons. The molecule has 2 aromatic rings. The normalized spacial score (nSPS) is 11.6. The van der Waals surface area contributed by atoms with Gasteiger partial charge in [-0.15, -0.1) is 0 Å². The molecule has 0 fully saturated rings. The fourth-order valence-corrected chi connectivity index (χ4v) is 2.27. The van der Waals surface area contributed by atoms with E-state index >= 15 is 0 Å². The van der Waals surface area contributed by atoms with Crippen molar-refractivity contribution in [2.75, 3.05) is 19.7 Å². The SMILES string of the molecule is CCCN(CC(F)(F)F)C(=O)COC(=O)c1nc(C)nc2[nH]ccc12. The Morgan fingerprint density at radius 3 is 2.68 bits per heavy atom. The molecule has 2 aromatic heterocycles. The smallest absolute Gasteiger partial charge is 0.406 e. The van der Waals surface area contributed by atoms with Crippen molar-refractivity contribution in [1.82, 2.24) is 19.9 Å². The Bertz CT molecular complexity index is 773. The van der Waals surface area contributed by atoms with E-state index in [4.69, 9.17) is 4.74 Å². The summed E-state index contributed by atoms with van der Waals surface area (Å²) < 4.78 is 42.4. The van der Waals surface area contributed by atoms with Crippen LogP contribution in [0.3, 0.4) is 0 Å². The largest absolute Gasteiger partial charge is 0.451 e. The third kappa shape index (κ3) is 4.91. The lowest BCUT2D eigenvalue weighted by molar-refractivity contribution is -0.162. The van der Waals surface area contributed by atoms with E-state index in [0.717, 1.165) is 0 Å². The molecule has 1 amide bonds. The maximum absolute atomic E-state index is 12.5. The topological polar surface area (TPSA) is 88.2 Å². The van der Waals surface area contributed by atoms with Crippen LogP contribution in [0.1, 0.15) is 29.7 Å². The molecule has 0 aliphatic rings. The summed E-state index contributed by atoms with van der Waals surface area (Å²) in [4.78, 5) is 35.6. The van der Waals surface area contributed by atoms with Crippen molar-refractivity contribution in [3.05, 3.63) is 23.8 Å². The van der Waals surface area contributed by atoms with E-state index in [-0.39, 0.29) is 12.2 Å². The van der Waals surface area contributed by atoms with Crippen molar-refractivity contribution in [3.8, 4) is 0 Å².